The Labute approximate surface area is 116 Å². The van der Waals surface area contributed by atoms with E-state index in [0.29, 0.717) is 18.7 Å². The number of nitrogens with one attached hydrogen (secondary N) is 2. The first-order valence-corrected chi connectivity index (χ1v) is 6.60. The monoisotopic (exact) mass is 273 g/mol. The molecule has 2 aliphatic rings. The zero-order chi connectivity index (χ0) is 14.1. The van der Waals surface area contributed by atoms with Crippen molar-refractivity contribution in [2.45, 2.75) is 24.9 Å². The van der Waals surface area contributed by atoms with Gasteiger partial charge < -0.3 is 10.6 Å². The van der Waals surface area contributed by atoms with E-state index in [1.165, 1.54) is 4.90 Å². The van der Waals surface area contributed by atoms with E-state index >= 15 is 0 Å². The van der Waals surface area contributed by atoms with Crippen molar-refractivity contribution in [2.24, 2.45) is 0 Å². The Hall–Kier alpha value is -2.21. The van der Waals surface area contributed by atoms with Gasteiger partial charge in [-0.25, -0.2) is 4.90 Å². The van der Waals surface area contributed by atoms with Gasteiger partial charge in [0.25, 0.3) is 5.91 Å². The fourth-order valence-electron chi connectivity index (χ4n) is 2.62. The number of hydrogen-bond acceptors (Lipinski definition) is 4. The van der Waals surface area contributed by atoms with Crippen molar-refractivity contribution in [3.05, 3.63) is 30.3 Å². The lowest BCUT2D eigenvalue weighted by Crippen LogP contribution is -2.44. The molecule has 2 atom stereocenters. The van der Waals surface area contributed by atoms with Gasteiger partial charge in [-0.3, -0.25) is 14.4 Å². The minimum Gasteiger partial charge on any atom is -0.354 e. The molecule has 20 heavy (non-hydrogen) atoms. The summed E-state index contributed by atoms with van der Waals surface area (Å²) in [4.78, 5) is 36.7. The van der Waals surface area contributed by atoms with E-state index in [1.54, 1.807) is 24.3 Å². The average molecular weight is 273 g/mol. The summed E-state index contributed by atoms with van der Waals surface area (Å²) >= 11 is 0. The predicted octanol–water partition coefficient (Wildman–Crippen LogP) is -0.203. The Morgan fingerprint density at radius 1 is 1.10 bits per heavy atom. The maximum Gasteiger partial charge on any atom is 0.251 e. The lowest BCUT2D eigenvalue weighted by atomic mass is 10.2. The van der Waals surface area contributed by atoms with Crippen molar-refractivity contribution >= 4 is 23.4 Å². The van der Waals surface area contributed by atoms with Crippen molar-refractivity contribution in [2.75, 3.05) is 11.4 Å². The summed E-state index contributed by atoms with van der Waals surface area (Å²) in [5.41, 5.74) is 0.590. The Morgan fingerprint density at radius 3 is 2.50 bits per heavy atom. The SMILES string of the molecule is O=C1CC(NC2CC(=O)N(c3ccccc3)C2=O)CN1. The maximum absolute atomic E-state index is 12.3. The van der Waals surface area contributed by atoms with Crippen LogP contribution in [0.5, 0.6) is 0 Å². The van der Waals surface area contributed by atoms with Crippen molar-refractivity contribution in [1.82, 2.24) is 10.6 Å². The van der Waals surface area contributed by atoms with E-state index in [0.717, 1.165) is 0 Å². The second-order valence-electron chi connectivity index (χ2n) is 5.03. The number of imide groups is 1. The van der Waals surface area contributed by atoms with E-state index in [1.807, 2.05) is 6.07 Å². The lowest BCUT2D eigenvalue weighted by Gasteiger charge is -2.17. The highest BCUT2D eigenvalue weighted by Crippen LogP contribution is 2.22. The van der Waals surface area contributed by atoms with E-state index in [4.69, 9.17) is 0 Å². The number of carbonyl (C=O) groups excluding carboxylic acids is 3. The Balaban J connectivity index is 1.72. The molecule has 1 aromatic rings. The fraction of sp³-hybridized carbons (Fsp3) is 0.357. The van der Waals surface area contributed by atoms with Crippen LogP contribution >= 0.6 is 0 Å². The summed E-state index contributed by atoms with van der Waals surface area (Å²) < 4.78 is 0. The number of anilines is 1. The van der Waals surface area contributed by atoms with Crippen LogP contribution in [0, 0.1) is 0 Å². The van der Waals surface area contributed by atoms with Gasteiger partial charge in [0, 0.05) is 19.0 Å². The van der Waals surface area contributed by atoms with Gasteiger partial charge in [-0.1, -0.05) is 18.2 Å². The Bertz CT molecular complexity index is 558. The van der Waals surface area contributed by atoms with Crippen LogP contribution in [0.3, 0.4) is 0 Å². The third kappa shape index (κ3) is 2.30. The zero-order valence-corrected chi connectivity index (χ0v) is 10.8. The summed E-state index contributed by atoms with van der Waals surface area (Å²) in [5, 5.41) is 5.79. The van der Waals surface area contributed by atoms with Crippen LogP contribution in [0.25, 0.3) is 0 Å². The van der Waals surface area contributed by atoms with Gasteiger partial charge in [-0.2, -0.15) is 0 Å². The first-order chi connectivity index (χ1) is 9.65. The minimum atomic E-state index is -0.541. The van der Waals surface area contributed by atoms with Crippen LogP contribution in [0.1, 0.15) is 12.8 Å². The van der Waals surface area contributed by atoms with Crippen molar-refractivity contribution in [3.63, 3.8) is 0 Å². The number of benzene rings is 1. The van der Waals surface area contributed by atoms with Crippen molar-refractivity contribution in [1.29, 1.82) is 0 Å². The molecule has 2 heterocycles. The summed E-state index contributed by atoms with van der Waals surface area (Å²) in [6, 6.07) is 8.25. The quantitative estimate of drug-likeness (QED) is 0.747. The molecule has 0 aliphatic carbocycles. The predicted molar refractivity (Wildman–Crippen MR) is 71.9 cm³/mol. The smallest absolute Gasteiger partial charge is 0.251 e. The normalized spacial score (nSPS) is 26.2. The van der Waals surface area contributed by atoms with Gasteiger partial charge in [0.1, 0.15) is 0 Å². The van der Waals surface area contributed by atoms with Gasteiger partial charge >= 0.3 is 0 Å². The number of nitrogens with zero attached hydrogens (tertiary/aromatic N) is 1. The molecule has 2 unspecified atom stereocenters. The van der Waals surface area contributed by atoms with Crippen LogP contribution in [-0.4, -0.2) is 36.3 Å². The first-order valence-electron chi connectivity index (χ1n) is 6.60. The van der Waals surface area contributed by atoms with Crippen LogP contribution in [0.15, 0.2) is 30.3 Å². The van der Waals surface area contributed by atoms with Gasteiger partial charge in [0.15, 0.2) is 0 Å². The largest absolute Gasteiger partial charge is 0.354 e. The number of rotatable bonds is 3. The van der Waals surface area contributed by atoms with E-state index in [9.17, 15) is 14.4 Å². The molecule has 3 rings (SSSR count). The van der Waals surface area contributed by atoms with Crippen LogP contribution in [0.2, 0.25) is 0 Å². The third-order valence-electron chi connectivity index (χ3n) is 3.58. The highest BCUT2D eigenvalue weighted by Gasteiger charge is 2.41. The molecular weight excluding hydrogens is 258 g/mol. The van der Waals surface area contributed by atoms with Gasteiger partial charge in [-0.05, 0) is 12.1 Å². The van der Waals surface area contributed by atoms with Crippen molar-refractivity contribution in [3.8, 4) is 0 Å². The number of hydrogen-bond donors (Lipinski definition) is 2. The molecule has 2 fully saturated rings. The molecule has 0 radical (unpaired) electrons. The summed E-state index contributed by atoms with van der Waals surface area (Å²) in [5.74, 6) is -0.490. The molecule has 6 nitrogen and oxygen atoms in total. The van der Waals surface area contributed by atoms with E-state index in [-0.39, 0.29) is 30.2 Å². The molecule has 1 aromatic carbocycles. The second kappa shape index (κ2) is 5.05. The van der Waals surface area contributed by atoms with Gasteiger partial charge in [-0.15, -0.1) is 0 Å². The summed E-state index contributed by atoms with van der Waals surface area (Å²) in [7, 11) is 0. The highest BCUT2D eigenvalue weighted by molar-refractivity contribution is 6.22. The summed E-state index contributed by atoms with van der Waals surface area (Å²) in [6.45, 7) is 0.502. The van der Waals surface area contributed by atoms with E-state index < -0.39 is 6.04 Å². The molecule has 0 bridgehead atoms. The first kappa shape index (κ1) is 12.8. The molecule has 6 heteroatoms. The van der Waals surface area contributed by atoms with E-state index in [2.05, 4.69) is 10.6 Å². The zero-order valence-electron chi connectivity index (χ0n) is 10.8. The Kier molecular flexibility index (Phi) is 3.23. The third-order valence-corrected chi connectivity index (χ3v) is 3.58. The van der Waals surface area contributed by atoms with Gasteiger partial charge in [0.2, 0.25) is 11.8 Å². The fourth-order valence-corrected chi connectivity index (χ4v) is 2.62. The molecule has 104 valence electrons. The highest BCUT2D eigenvalue weighted by atomic mass is 16.2. The number of carbonyl (C=O) groups is 3. The minimum absolute atomic E-state index is 0.0285. The van der Waals surface area contributed by atoms with Crippen LogP contribution in [0.4, 0.5) is 5.69 Å². The molecule has 2 saturated heterocycles. The summed E-state index contributed by atoms with van der Waals surface area (Å²) in [6.07, 6.45) is 0.488. The van der Waals surface area contributed by atoms with Crippen molar-refractivity contribution < 1.29 is 14.4 Å². The molecular formula is C14H15N3O3. The Morgan fingerprint density at radius 2 is 1.85 bits per heavy atom. The molecule has 2 N–H and O–H groups in total. The second-order valence-corrected chi connectivity index (χ2v) is 5.03. The van der Waals surface area contributed by atoms with Crippen LogP contribution in [-0.2, 0) is 14.4 Å². The van der Waals surface area contributed by atoms with Crippen LogP contribution < -0.4 is 15.5 Å². The number of amides is 3. The molecule has 2 aliphatic heterocycles. The molecule has 3 amide bonds. The lowest BCUT2D eigenvalue weighted by molar-refractivity contribution is -0.122. The standard InChI is InChI=1S/C14H15N3O3/c18-12-6-9(8-15-12)16-11-7-13(19)17(14(11)20)10-4-2-1-3-5-10/h1-5,9,11,16H,6-8H2,(H,15,18). The maximum atomic E-state index is 12.3. The average Bonchev–Trinajstić information content (AvgIpc) is 2.96. The molecule has 0 saturated carbocycles. The molecule has 0 spiro atoms. The van der Waals surface area contributed by atoms with Gasteiger partial charge in [0.05, 0.1) is 18.2 Å². The topological polar surface area (TPSA) is 78.5 Å². The number of para-hydroxylation sites is 1. The molecule has 0 aromatic heterocycles.